The van der Waals surface area contributed by atoms with E-state index in [2.05, 4.69) is 15.3 Å². The molecule has 0 atom stereocenters. The Morgan fingerprint density at radius 1 is 1.56 bits per heavy atom. The maximum Gasteiger partial charge on any atom is 0.308 e. The number of hydrogen-bond donors (Lipinski definition) is 3. The maximum absolute atomic E-state index is 11.7. The average Bonchev–Trinajstić information content (AvgIpc) is 2.19. The van der Waals surface area contributed by atoms with Gasteiger partial charge in [-0.2, -0.15) is 0 Å². The zero-order valence-corrected chi connectivity index (χ0v) is 9.50. The lowest BCUT2D eigenvalue weighted by Crippen LogP contribution is -2.22. The van der Waals surface area contributed by atoms with E-state index in [1.165, 1.54) is 0 Å². The molecule has 3 N–H and O–H groups in total. The zero-order valence-electron chi connectivity index (χ0n) is 9.50. The average molecular weight is 225 g/mol. The van der Waals surface area contributed by atoms with E-state index in [1.54, 1.807) is 7.05 Å². The van der Waals surface area contributed by atoms with E-state index in [1.807, 2.05) is 13.8 Å². The van der Waals surface area contributed by atoms with E-state index in [0.29, 0.717) is 11.6 Å². The molecule has 1 aromatic rings. The number of carboxylic acids is 1. The molecule has 0 unspecified atom stereocenters. The van der Waals surface area contributed by atoms with Crippen LogP contribution < -0.4 is 10.9 Å². The maximum atomic E-state index is 11.7. The summed E-state index contributed by atoms with van der Waals surface area (Å²) in [6.07, 6.45) is -0.306. The summed E-state index contributed by atoms with van der Waals surface area (Å²) in [5.74, 6) is -0.682. The van der Waals surface area contributed by atoms with Gasteiger partial charge in [-0.25, -0.2) is 4.98 Å². The Morgan fingerprint density at radius 2 is 2.19 bits per heavy atom. The lowest BCUT2D eigenvalue weighted by atomic mass is 10.0. The standard InChI is InChI=1S/C10H15N3O3/c1-5(2)8-6(4-7(14)15)9(16)13-10(11-3)12-8/h5H,4H2,1-3H3,(H,14,15)(H2,11,12,13,16). The van der Waals surface area contributed by atoms with Crippen LogP contribution in [0.15, 0.2) is 4.79 Å². The summed E-state index contributed by atoms with van der Waals surface area (Å²) < 4.78 is 0. The minimum Gasteiger partial charge on any atom is -0.481 e. The molecule has 0 aromatic carbocycles. The Bertz CT molecular complexity index is 451. The first-order valence-electron chi connectivity index (χ1n) is 4.98. The van der Waals surface area contributed by atoms with Gasteiger partial charge in [-0.05, 0) is 5.92 Å². The van der Waals surface area contributed by atoms with Crippen molar-refractivity contribution in [2.24, 2.45) is 0 Å². The van der Waals surface area contributed by atoms with Gasteiger partial charge in [0, 0.05) is 7.05 Å². The van der Waals surface area contributed by atoms with Gasteiger partial charge >= 0.3 is 5.97 Å². The molecule has 0 radical (unpaired) electrons. The molecule has 0 spiro atoms. The van der Waals surface area contributed by atoms with Crippen molar-refractivity contribution in [1.82, 2.24) is 9.97 Å². The summed E-state index contributed by atoms with van der Waals surface area (Å²) in [7, 11) is 1.64. The molecule has 6 heteroatoms. The molecule has 1 heterocycles. The molecule has 1 aromatic heterocycles. The summed E-state index contributed by atoms with van der Waals surface area (Å²) in [5, 5.41) is 11.5. The molecule has 0 aliphatic rings. The molecule has 0 aliphatic carbocycles. The molecule has 0 saturated carbocycles. The molecule has 0 fully saturated rings. The van der Waals surface area contributed by atoms with Gasteiger partial charge in [-0.1, -0.05) is 13.8 Å². The zero-order chi connectivity index (χ0) is 12.3. The highest BCUT2D eigenvalue weighted by atomic mass is 16.4. The number of nitrogens with zero attached hydrogens (tertiary/aromatic N) is 1. The summed E-state index contributed by atoms with van der Waals surface area (Å²) in [4.78, 5) is 29.0. The number of aromatic amines is 1. The van der Waals surface area contributed by atoms with Crippen LogP contribution in [0.4, 0.5) is 5.95 Å². The van der Waals surface area contributed by atoms with Crippen molar-refractivity contribution < 1.29 is 9.90 Å². The number of hydrogen-bond acceptors (Lipinski definition) is 4. The molecule has 0 amide bonds. The topological polar surface area (TPSA) is 95.1 Å². The van der Waals surface area contributed by atoms with Gasteiger partial charge in [-0.3, -0.25) is 14.6 Å². The molecular weight excluding hydrogens is 210 g/mol. The fourth-order valence-corrected chi connectivity index (χ4v) is 1.43. The number of nitrogens with one attached hydrogen (secondary N) is 2. The van der Waals surface area contributed by atoms with Crippen molar-refractivity contribution >= 4 is 11.9 Å². The van der Waals surface area contributed by atoms with Crippen molar-refractivity contribution in [3.05, 3.63) is 21.6 Å². The molecule has 0 saturated heterocycles. The van der Waals surface area contributed by atoms with E-state index in [0.717, 1.165) is 0 Å². The summed E-state index contributed by atoms with van der Waals surface area (Å²) >= 11 is 0. The second kappa shape index (κ2) is 4.78. The van der Waals surface area contributed by atoms with Crippen LogP contribution in [0.5, 0.6) is 0 Å². The second-order valence-electron chi connectivity index (χ2n) is 3.75. The van der Waals surface area contributed by atoms with Gasteiger partial charge < -0.3 is 10.4 Å². The van der Waals surface area contributed by atoms with Crippen molar-refractivity contribution in [3.8, 4) is 0 Å². The number of carboxylic acid groups (broad SMARTS) is 1. The smallest absolute Gasteiger partial charge is 0.308 e. The fourth-order valence-electron chi connectivity index (χ4n) is 1.43. The normalized spacial score (nSPS) is 10.5. The number of H-pyrrole nitrogens is 1. The van der Waals surface area contributed by atoms with E-state index < -0.39 is 11.5 Å². The summed E-state index contributed by atoms with van der Waals surface area (Å²) in [6, 6.07) is 0. The monoisotopic (exact) mass is 225 g/mol. The third-order valence-corrected chi connectivity index (χ3v) is 2.16. The van der Waals surface area contributed by atoms with Gasteiger partial charge in [0.15, 0.2) is 0 Å². The number of carbonyl (C=O) groups is 1. The number of aliphatic carboxylic acids is 1. The van der Waals surface area contributed by atoms with Gasteiger partial charge in [-0.15, -0.1) is 0 Å². The largest absolute Gasteiger partial charge is 0.481 e. The third kappa shape index (κ3) is 2.59. The fraction of sp³-hybridized carbons (Fsp3) is 0.500. The summed E-state index contributed by atoms with van der Waals surface area (Å²) in [6.45, 7) is 3.74. The Hall–Kier alpha value is -1.85. The van der Waals surface area contributed by atoms with Crippen molar-refractivity contribution in [2.45, 2.75) is 26.2 Å². The van der Waals surface area contributed by atoms with E-state index in [-0.39, 0.29) is 17.9 Å². The minimum absolute atomic E-state index is 0.00347. The SMILES string of the molecule is CNc1nc(C(C)C)c(CC(=O)O)c(=O)[nH]1. The first-order valence-corrected chi connectivity index (χ1v) is 4.98. The highest BCUT2D eigenvalue weighted by molar-refractivity contribution is 5.70. The lowest BCUT2D eigenvalue weighted by molar-refractivity contribution is -0.136. The third-order valence-electron chi connectivity index (χ3n) is 2.16. The van der Waals surface area contributed by atoms with Gasteiger partial charge in [0.1, 0.15) is 0 Å². The predicted molar refractivity (Wildman–Crippen MR) is 59.8 cm³/mol. The number of aromatic nitrogens is 2. The quantitative estimate of drug-likeness (QED) is 0.696. The van der Waals surface area contributed by atoms with E-state index in [4.69, 9.17) is 5.11 Å². The predicted octanol–water partition coefficient (Wildman–Crippen LogP) is 0.562. The van der Waals surface area contributed by atoms with Crippen LogP contribution in [0.3, 0.4) is 0 Å². The Morgan fingerprint density at radius 3 is 2.62 bits per heavy atom. The van der Waals surface area contributed by atoms with Crippen LogP contribution in [-0.2, 0) is 11.2 Å². The number of rotatable bonds is 4. The Labute approximate surface area is 92.7 Å². The van der Waals surface area contributed by atoms with Gasteiger partial charge in [0.2, 0.25) is 5.95 Å². The van der Waals surface area contributed by atoms with Crippen LogP contribution in [0.2, 0.25) is 0 Å². The van der Waals surface area contributed by atoms with Gasteiger partial charge in [0.25, 0.3) is 5.56 Å². The van der Waals surface area contributed by atoms with E-state index in [9.17, 15) is 9.59 Å². The van der Waals surface area contributed by atoms with Crippen LogP contribution in [-0.4, -0.2) is 28.1 Å². The molecule has 1 rings (SSSR count). The molecular formula is C10H15N3O3. The first kappa shape index (κ1) is 12.2. The molecule has 0 bridgehead atoms. The highest BCUT2D eigenvalue weighted by Gasteiger charge is 2.16. The highest BCUT2D eigenvalue weighted by Crippen LogP contribution is 2.15. The van der Waals surface area contributed by atoms with Crippen LogP contribution in [0, 0.1) is 0 Å². The molecule has 0 aliphatic heterocycles. The Kier molecular flexibility index (Phi) is 3.65. The minimum atomic E-state index is -1.04. The number of anilines is 1. The van der Waals surface area contributed by atoms with Crippen LogP contribution in [0.1, 0.15) is 31.0 Å². The first-order chi connectivity index (χ1) is 7.45. The van der Waals surface area contributed by atoms with Crippen LogP contribution in [0.25, 0.3) is 0 Å². The van der Waals surface area contributed by atoms with Crippen molar-refractivity contribution in [3.63, 3.8) is 0 Å². The van der Waals surface area contributed by atoms with Crippen molar-refractivity contribution in [2.75, 3.05) is 12.4 Å². The van der Waals surface area contributed by atoms with Crippen LogP contribution >= 0.6 is 0 Å². The molecule has 16 heavy (non-hydrogen) atoms. The van der Waals surface area contributed by atoms with Gasteiger partial charge in [0.05, 0.1) is 17.7 Å². The van der Waals surface area contributed by atoms with E-state index >= 15 is 0 Å². The summed E-state index contributed by atoms with van der Waals surface area (Å²) in [5.41, 5.74) is 0.349. The molecule has 6 nitrogen and oxygen atoms in total. The second-order valence-corrected chi connectivity index (χ2v) is 3.75. The van der Waals surface area contributed by atoms with Crippen molar-refractivity contribution in [1.29, 1.82) is 0 Å². The lowest BCUT2D eigenvalue weighted by Gasteiger charge is -2.11. The molecule has 88 valence electrons. The Balaban J connectivity index is 3.34.